The van der Waals surface area contributed by atoms with E-state index in [0.29, 0.717) is 16.0 Å². The number of hydrogen-bond acceptors (Lipinski definition) is 2. The van der Waals surface area contributed by atoms with Crippen molar-refractivity contribution in [3.05, 3.63) is 34.3 Å². The third kappa shape index (κ3) is 5.01. The van der Waals surface area contributed by atoms with E-state index in [4.69, 9.17) is 11.6 Å². The first-order valence-corrected chi connectivity index (χ1v) is 10.6. The zero-order chi connectivity index (χ0) is 18.6. The van der Waals surface area contributed by atoms with Crippen molar-refractivity contribution in [3.63, 3.8) is 0 Å². The van der Waals surface area contributed by atoms with Crippen LogP contribution in [0, 0.1) is 11.3 Å². The Labute approximate surface area is 163 Å². The van der Waals surface area contributed by atoms with E-state index in [0.717, 1.165) is 31.8 Å². The van der Waals surface area contributed by atoms with Gasteiger partial charge in [0.2, 0.25) is 0 Å². The predicted octanol–water partition coefficient (Wildman–Crippen LogP) is 4.92. The second-order valence-electron chi connectivity index (χ2n) is 8.76. The van der Waals surface area contributed by atoms with E-state index in [1.165, 1.54) is 50.5 Å². The molecule has 0 heterocycles. The van der Waals surface area contributed by atoms with Gasteiger partial charge in [-0.1, -0.05) is 43.4 Å². The van der Waals surface area contributed by atoms with Crippen molar-refractivity contribution >= 4 is 17.5 Å². The number of halogens is 1. The summed E-state index contributed by atoms with van der Waals surface area (Å²) in [5, 5.41) is 3.78. The summed E-state index contributed by atoms with van der Waals surface area (Å²) < 4.78 is 0. The highest BCUT2D eigenvalue weighted by Gasteiger charge is 2.39. The fraction of sp³-hybridized carbons (Fsp3) is 0.682. The minimum Gasteiger partial charge on any atom is -0.351 e. The van der Waals surface area contributed by atoms with Crippen LogP contribution in [0.2, 0.25) is 5.02 Å². The summed E-state index contributed by atoms with van der Waals surface area (Å²) in [6.45, 7) is 1.86. The Bertz CT molecular complexity index is 619. The van der Waals surface area contributed by atoms with Crippen LogP contribution in [-0.2, 0) is 6.42 Å². The van der Waals surface area contributed by atoms with Gasteiger partial charge in [0.1, 0.15) is 0 Å². The molecule has 1 amide bonds. The van der Waals surface area contributed by atoms with E-state index >= 15 is 0 Å². The first-order valence-electron chi connectivity index (χ1n) is 10.2. The lowest BCUT2D eigenvalue weighted by Crippen LogP contribution is -2.43. The molecule has 1 aromatic carbocycles. The standard InChI is InChI=1S/C22H33ClN2O/c1-25(2)13-5-8-17-9-10-20(23)19(14-17)21(26)24-16-22-11-3-6-18(15-22)7-4-12-22/h9-10,14,18H,3-8,11-13,15-16H2,1-2H3,(H,24,26). The number of fused-ring (bicyclic) bond motifs is 2. The fourth-order valence-electron chi connectivity index (χ4n) is 4.93. The van der Waals surface area contributed by atoms with Gasteiger partial charge in [0.25, 0.3) is 5.91 Å². The Balaban J connectivity index is 1.60. The Morgan fingerprint density at radius 2 is 2.00 bits per heavy atom. The Kier molecular flexibility index (Phi) is 6.63. The number of benzene rings is 1. The van der Waals surface area contributed by atoms with Crippen molar-refractivity contribution in [2.24, 2.45) is 11.3 Å². The molecule has 0 atom stereocenters. The molecule has 0 aliphatic heterocycles. The van der Waals surface area contributed by atoms with Crippen molar-refractivity contribution in [2.75, 3.05) is 27.2 Å². The third-order valence-corrected chi connectivity index (χ3v) is 6.66. The lowest BCUT2D eigenvalue weighted by Gasteiger charge is -2.45. The second-order valence-corrected chi connectivity index (χ2v) is 9.17. The van der Waals surface area contributed by atoms with Gasteiger partial charge in [-0.25, -0.2) is 0 Å². The molecule has 0 radical (unpaired) electrons. The maximum absolute atomic E-state index is 12.8. The summed E-state index contributed by atoms with van der Waals surface area (Å²) in [5.74, 6) is 0.879. The molecule has 2 aliphatic rings. The summed E-state index contributed by atoms with van der Waals surface area (Å²) >= 11 is 6.33. The molecule has 0 unspecified atom stereocenters. The van der Waals surface area contributed by atoms with Crippen LogP contribution in [0.3, 0.4) is 0 Å². The molecule has 144 valence electrons. The maximum atomic E-state index is 12.8. The zero-order valence-electron chi connectivity index (χ0n) is 16.3. The average Bonchev–Trinajstić information content (AvgIpc) is 2.61. The molecule has 0 spiro atoms. The van der Waals surface area contributed by atoms with Crippen LogP contribution in [0.15, 0.2) is 18.2 Å². The van der Waals surface area contributed by atoms with Crippen LogP contribution in [0.4, 0.5) is 0 Å². The van der Waals surface area contributed by atoms with Crippen molar-refractivity contribution in [1.29, 1.82) is 0 Å². The van der Waals surface area contributed by atoms with Crippen LogP contribution in [-0.4, -0.2) is 38.0 Å². The topological polar surface area (TPSA) is 32.3 Å². The van der Waals surface area contributed by atoms with E-state index in [1.807, 2.05) is 18.2 Å². The first kappa shape index (κ1) is 19.7. The van der Waals surface area contributed by atoms with Crippen LogP contribution in [0.25, 0.3) is 0 Å². The van der Waals surface area contributed by atoms with Gasteiger partial charge in [-0.3, -0.25) is 4.79 Å². The van der Waals surface area contributed by atoms with Crippen LogP contribution in [0.5, 0.6) is 0 Å². The highest BCUT2D eigenvalue weighted by atomic mass is 35.5. The maximum Gasteiger partial charge on any atom is 0.252 e. The number of nitrogens with one attached hydrogen (secondary N) is 1. The minimum absolute atomic E-state index is 0.00784. The smallest absolute Gasteiger partial charge is 0.252 e. The van der Waals surface area contributed by atoms with E-state index in [-0.39, 0.29) is 5.91 Å². The molecular weight excluding hydrogens is 344 g/mol. The van der Waals surface area contributed by atoms with Gasteiger partial charge in [0.15, 0.2) is 0 Å². The van der Waals surface area contributed by atoms with Gasteiger partial charge < -0.3 is 10.2 Å². The van der Waals surface area contributed by atoms with Crippen molar-refractivity contribution in [3.8, 4) is 0 Å². The molecule has 2 aliphatic carbocycles. The van der Waals surface area contributed by atoms with E-state index in [1.54, 1.807) is 0 Å². The normalized spacial score (nSPS) is 25.3. The molecule has 2 fully saturated rings. The van der Waals surface area contributed by atoms with E-state index < -0.39 is 0 Å². The molecule has 0 aromatic heterocycles. The number of aryl methyl sites for hydroxylation is 1. The molecule has 4 heteroatoms. The predicted molar refractivity (Wildman–Crippen MR) is 109 cm³/mol. The molecule has 2 saturated carbocycles. The molecular formula is C22H33ClN2O. The summed E-state index contributed by atoms with van der Waals surface area (Å²) in [6.07, 6.45) is 11.3. The molecule has 0 saturated heterocycles. The van der Waals surface area contributed by atoms with E-state index in [2.05, 4.69) is 24.3 Å². The van der Waals surface area contributed by atoms with E-state index in [9.17, 15) is 4.79 Å². The summed E-state index contributed by atoms with van der Waals surface area (Å²) in [4.78, 5) is 15.0. The quantitative estimate of drug-likeness (QED) is 0.732. The molecule has 1 aromatic rings. The molecule has 2 bridgehead atoms. The molecule has 3 nitrogen and oxygen atoms in total. The lowest BCUT2D eigenvalue weighted by molar-refractivity contribution is 0.0682. The molecule has 1 N–H and O–H groups in total. The Morgan fingerprint density at radius 1 is 1.27 bits per heavy atom. The van der Waals surface area contributed by atoms with Gasteiger partial charge in [-0.15, -0.1) is 0 Å². The Hall–Kier alpha value is -1.06. The monoisotopic (exact) mass is 376 g/mol. The number of carbonyl (C=O) groups is 1. The lowest BCUT2D eigenvalue weighted by atomic mass is 9.62. The number of hydrogen-bond donors (Lipinski definition) is 1. The highest BCUT2D eigenvalue weighted by Crippen LogP contribution is 2.48. The summed E-state index contributed by atoms with van der Waals surface area (Å²) in [5.41, 5.74) is 2.16. The number of carbonyl (C=O) groups excluding carboxylic acids is 1. The summed E-state index contributed by atoms with van der Waals surface area (Å²) in [6, 6.07) is 5.90. The first-order chi connectivity index (χ1) is 12.5. The Morgan fingerprint density at radius 3 is 2.69 bits per heavy atom. The van der Waals surface area contributed by atoms with Gasteiger partial charge >= 0.3 is 0 Å². The summed E-state index contributed by atoms with van der Waals surface area (Å²) in [7, 11) is 4.17. The van der Waals surface area contributed by atoms with Crippen LogP contribution in [0.1, 0.15) is 67.3 Å². The van der Waals surface area contributed by atoms with Gasteiger partial charge in [0, 0.05) is 6.54 Å². The largest absolute Gasteiger partial charge is 0.351 e. The molecule has 26 heavy (non-hydrogen) atoms. The second kappa shape index (κ2) is 8.75. The van der Waals surface area contributed by atoms with Crippen LogP contribution < -0.4 is 5.32 Å². The number of amides is 1. The van der Waals surface area contributed by atoms with Gasteiger partial charge in [0.05, 0.1) is 10.6 Å². The van der Waals surface area contributed by atoms with Gasteiger partial charge in [-0.05, 0) is 81.8 Å². The SMILES string of the molecule is CN(C)CCCc1ccc(Cl)c(C(=O)NCC23CCCC(CCC2)C3)c1. The number of nitrogens with zero attached hydrogens (tertiary/aromatic N) is 1. The van der Waals surface area contributed by atoms with Crippen molar-refractivity contribution in [1.82, 2.24) is 10.2 Å². The minimum atomic E-state index is -0.00784. The van der Waals surface area contributed by atoms with Crippen LogP contribution >= 0.6 is 11.6 Å². The molecule has 3 rings (SSSR count). The zero-order valence-corrected chi connectivity index (χ0v) is 17.1. The third-order valence-electron chi connectivity index (χ3n) is 6.33. The fourth-order valence-corrected chi connectivity index (χ4v) is 5.14. The van der Waals surface area contributed by atoms with Crippen molar-refractivity contribution in [2.45, 2.75) is 57.8 Å². The highest BCUT2D eigenvalue weighted by molar-refractivity contribution is 6.33. The van der Waals surface area contributed by atoms with Gasteiger partial charge in [-0.2, -0.15) is 0 Å². The number of rotatable bonds is 7. The average molecular weight is 377 g/mol. The van der Waals surface area contributed by atoms with Crippen molar-refractivity contribution < 1.29 is 4.79 Å².